The van der Waals surface area contributed by atoms with Gasteiger partial charge in [-0.1, -0.05) is 13.8 Å². The lowest BCUT2D eigenvalue weighted by molar-refractivity contribution is 0.612. The number of aromatic nitrogens is 3. The van der Waals surface area contributed by atoms with Crippen molar-refractivity contribution >= 4 is 5.65 Å². The second kappa shape index (κ2) is 6.89. The van der Waals surface area contributed by atoms with Crippen molar-refractivity contribution in [3.05, 3.63) is 33.9 Å². The smallest absolute Gasteiger partial charge is 0.274 e. The highest BCUT2D eigenvalue weighted by Crippen LogP contribution is 2.22. The molecule has 2 N–H and O–H groups in total. The Labute approximate surface area is 125 Å². The maximum atomic E-state index is 12.3. The van der Waals surface area contributed by atoms with Gasteiger partial charge in [0.25, 0.3) is 5.56 Å². The Balaban J connectivity index is 2.58. The van der Waals surface area contributed by atoms with Gasteiger partial charge in [0.15, 0.2) is 0 Å². The van der Waals surface area contributed by atoms with Crippen molar-refractivity contribution in [1.82, 2.24) is 14.2 Å². The summed E-state index contributed by atoms with van der Waals surface area (Å²) in [4.78, 5) is 12.3. The average Bonchev–Trinajstić information content (AvgIpc) is 2.92. The predicted octanol–water partition coefficient (Wildman–Crippen LogP) is 2.31. The van der Waals surface area contributed by atoms with Gasteiger partial charge in [0, 0.05) is 30.3 Å². The summed E-state index contributed by atoms with van der Waals surface area (Å²) in [7, 11) is 0. The molecule has 0 aliphatic carbocycles. The third-order valence-electron chi connectivity index (χ3n) is 4.19. The monoisotopic (exact) mass is 290 g/mol. The molecule has 0 unspecified atom stereocenters. The first kappa shape index (κ1) is 15.8. The summed E-state index contributed by atoms with van der Waals surface area (Å²) < 4.78 is 3.72. The first-order chi connectivity index (χ1) is 10.2. The van der Waals surface area contributed by atoms with Crippen molar-refractivity contribution in [3.8, 4) is 0 Å². The summed E-state index contributed by atoms with van der Waals surface area (Å²) in [5, 5.41) is 4.54. The predicted molar refractivity (Wildman–Crippen MR) is 85.8 cm³/mol. The van der Waals surface area contributed by atoms with E-state index >= 15 is 0 Å². The summed E-state index contributed by atoms with van der Waals surface area (Å²) in [5.74, 6) is 0.419. The fraction of sp³-hybridized carbons (Fsp3) is 0.625. The van der Waals surface area contributed by atoms with Crippen molar-refractivity contribution in [2.75, 3.05) is 6.54 Å². The van der Waals surface area contributed by atoms with Crippen molar-refractivity contribution in [2.45, 2.75) is 58.9 Å². The van der Waals surface area contributed by atoms with E-state index in [1.54, 1.807) is 10.6 Å². The molecular formula is C16H26N4O. The van der Waals surface area contributed by atoms with E-state index in [1.165, 1.54) is 0 Å². The number of aryl methyl sites for hydroxylation is 2. The van der Waals surface area contributed by atoms with Gasteiger partial charge in [0.2, 0.25) is 0 Å². The van der Waals surface area contributed by atoms with Crippen molar-refractivity contribution < 1.29 is 0 Å². The molecule has 5 heteroatoms. The maximum Gasteiger partial charge on any atom is 0.274 e. The van der Waals surface area contributed by atoms with E-state index < -0.39 is 0 Å². The normalized spacial score (nSPS) is 11.7. The summed E-state index contributed by atoms with van der Waals surface area (Å²) in [5.41, 5.74) is 8.53. The average molecular weight is 290 g/mol. The van der Waals surface area contributed by atoms with Crippen molar-refractivity contribution in [3.63, 3.8) is 0 Å². The van der Waals surface area contributed by atoms with Crippen LogP contribution in [-0.4, -0.2) is 20.7 Å². The van der Waals surface area contributed by atoms with Crippen LogP contribution in [0.1, 0.15) is 57.3 Å². The lowest BCUT2D eigenvalue weighted by Crippen LogP contribution is -2.21. The fourth-order valence-corrected chi connectivity index (χ4v) is 2.93. The molecule has 0 bridgehead atoms. The molecule has 5 nitrogen and oxygen atoms in total. The van der Waals surface area contributed by atoms with Gasteiger partial charge in [-0.2, -0.15) is 9.61 Å². The summed E-state index contributed by atoms with van der Waals surface area (Å²) in [6, 6.07) is 3.78. The second-order valence-electron chi connectivity index (χ2n) is 5.46. The molecule has 0 aliphatic heterocycles. The molecule has 21 heavy (non-hydrogen) atoms. The van der Waals surface area contributed by atoms with Crippen molar-refractivity contribution in [1.29, 1.82) is 0 Å². The van der Waals surface area contributed by atoms with Crippen LogP contribution in [0, 0.1) is 0 Å². The maximum absolute atomic E-state index is 12.3. The quantitative estimate of drug-likeness (QED) is 0.851. The Kier molecular flexibility index (Phi) is 5.17. The minimum Gasteiger partial charge on any atom is -0.330 e. The molecule has 0 fully saturated rings. The van der Waals surface area contributed by atoms with E-state index in [0.29, 0.717) is 12.5 Å². The molecule has 2 rings (SSSR count). The standard InChI is InChI=1S/C16H26N4O/c1-4-12(5-2)14-11-15-19(6-3)13(8-7-9-17)10-16(21)20(15)18-14/h10-12H,4-9,17H2,1-3H3. The molecule has 0 spiro atoms. The molecule has 0 amide bonds. The first-order valence-corrected chi connectivity index (χ1v) is 7.98. The topological polar surface area (TPSA) is 65.3 Å². The summed E-state index contributed by atoms with van der Waals surface area (Å²) in [6.07, 6.45) is 3.81. The highest BCUT2D eigenvalue weighted by atomic mass is 16.1. The number of rotatable bonds is 7. The Morgan fingerprint density at radius 2 is 1.95 bits per heavy atom. The molecule has 2 heterocycles. The van der Waals surface area contributed by atoms with Crippen LogP contribution < -0.4 is 11.3 Å². The molecule has 2 aromatic heterocycles. The van der Waals surface area contributed by atoms with Crippen molar-refractivity contribution in [2.24, 2.45) is 5.73 Å². The number of nitrogens with zero attached hydrogens (tertiary/aromatic N) is 3. The summed E-state index contributed by atoms with van der Waals surface area (Å²) >= 11 is 0. The zero-order valence-corrected chi connectivity index (χ0v) is 13.3. The van der Waals surface area contributed by atoms with Gasteiger partial charge in [-0.25, -0.2) is 0 Å². The molecule has 0 saturated heterocycles. The lowest BCUT2D eigenvalue weighted by Gasteiger charge is -2.12. The highest BCUT2D eigenvalue weighted by Gasteiger charge is 2.15. The molecule has 2 aromatic rings. The largest absolute Gasteiger partial charge is 0.330 e. The van der Waals surface area contributed by atoms with Gasteiger partial charge >= 0.3 is 0 Å². The third kappa shape index (κ3) is 3.02. The van der Waals surface area contributed by atoms with Crippen LogP contribution in [0.4, 0.5) is 0 Å². The van der Waals surface area contributed by atoms with Gasteiger partial charge in [0.1, 0.15) is 5.65 Å². The molecule has 0 radical (unpaired) electrons. The number of hydrogen-bond acceptors (Lipinski definition) is 3. The van der Waals surface area contributed by atoms with E-state index in [0.717, 1.165) is 49.3 Å². The van der Waals surface area contributed by atoms with Crippen LogP contribution in [0.25, 0.3) is 5.65 Å². The van der Waals surface area contributed by atoms with E-state index in [9.17, 15) is 4.79 Å². The van der Waals surface area contributed by atoms with Gasteiger partial charge in [-0.05, 0) is 39.2 Å². The molecular weight excluding hydrogens is 264 g/mol. The SMILES string of the molecule is CCC(CC)c1cc2n(CC)c(CCCN)cc(=O)n2n1. The van der Waals surface area contributed by atoms with Crippen LogP contribution in [0.15, 0.2) is 16.9 Å². The van der Waals surface area contributed by atoms with E-state index in [-0.39, 0.29) is 5.56 Å². The Bertz CT molecular complexity index is 652. The van der Waals surface area contributed by atoms with E-state index in [4.69, 9.17) is 5.73 Å². The van der Waals surface area contributed by atoms with Gasteiger partial charge in [-0.3, -0.25) is 4.79 Å². The number of hydrogen-bond donors (Lipinski definition) is 1. The van der Waals surface area contributed by atoms with Crippen LogP contribution in [0.2, 0.25) is 0 Å². The zero-order chi connectivity index (χ0) is 15.4. The van der Waals surface area contributed by atoms with E-state index in [1.807, 2.05) is 0 Å². The minimum atomic E-state index is -0.0427. The van der Waals surface area contributed by atoms with Crippen LogP contribution in [0.5, 0.6) is 0 Å². The van der Waals surface area contributed by atoms with Crippen LogP contribution in [0.3, 0.4) is 0 Å². The van der Waals surface area contributed by atoms with Crippen LogP contribution in [-0.2, 0) is 13.0 Å². The van der Waals surface area contributed by atoms with E-state index in [2.05, 4.69) is 36.5 Å². The van der Waals surface area contributed by atoms with Crippen LogP contribution >= 0.6 is 0 Å². The fourth-order valence-electron chi connectivity index (χ4n) is 2.93. The van der Waals surface area contributed by atoms with Gasteiger partial charge in [-0.15, -0.1) is 0 Å². The number of fused-ring (bicyclic) bond motifs is 1. The lowest BCUT2D eigenvalue weighted by atomic mass is 10.00. The van der Waals surface area contributed by atoms with Gasteiger partial charge in [0.05, 0.1) is 5.69 Å². The summed E-state index contributed by atoms with van der Waals surface area (Å²) in [6.45, 7) is 7.90. The molecule has 0 aromatic carbocycles. The Morgan fingerprint density at radius 1 is 1.24 bits per heavy atom. The molecule has 116 valence electrons. The van der Waals surface area contributed by atoms with Gasteiger partial charge < -0.3 is 10.3 Å². The second-order valence-corrected chi connectivity index (χ2v) is 5.46. The Morgan fingerprint density at radius 3 is 2.52 bits per heavy atom. The highest BCUT2D eigenvalue weighted by molar-refractivity contribution is 5.43. The number of nitrogens with two attached hydrogens (primary N) is 1. The third-order valence-corrected chi connectivity index (χ3v) is 4.19. The Hall–Kier alpha value is -1.62. The first-order valence-electron chi connectivity index (χ1n) is 7.98. The zero-order valence-electron chi connectivity index (χ0n) is 13.3. The minimum absolute atomic E-state index is 0.0427. The molecule has 0 aliphatic rings. The molecule has 0 saturated carbocycles. The molecule has 0 atom stereocenters.